The maximum atomic E-state index is 13.3. The van der Waals surface area contributed by atoms with Crippen molar-refractivity contribution in [2.45, 2.75) is 6.04 Å². The minimum absolute atomic E-state index is 0.134. The molecule has 1 atom stereocenters. The number of anilines is 1. The summed E-state index contributed by atoms with van der Waals surface area (Å²) >= 11 is 3.28. The maximum absolute atomic E-state index is 13.3. The first-order valence-electron chi connectivity index (χ1n) is 5.70. The fourth-order valence-corrected chi connectivity index (χ4v) is 2.19. The zero-order valence-electron chi connectivity index (χ0n) is 10.2. The number of aromatic hydroxyl groups is 1. The highest BCUT2D eigenvalue weighted by Gasteiger charge is 2.21. The van der Waals surface area contributed by atoms with Crippen molar-refractivity contribution in [2.75, 3.05) is 5.32 Å². The fourth-order valence-electron chi connectivity index (χ4n) is 1.80. The Kier molecular flexibility index (Phi) is 4.24. The van der Waals surface area contributed by atoms with Gasteiger partial charge >= 0.3 is 5.97 Å². The van der Waals surface area contributed by atoms with Crippen molar-refractivity contribution >= 4 is 27.6 Å². The van der Waals surface area contributed by atoms with Crippen LogP contribution in [0.25, 0.3) is 0 Å². The molecule has 0 aromatic heterocycles. The Labute approximate surface area is 123 Å². The molecule has 0 saturated heterocycles. The smallest absolute Gasteiger partial charge is 0.330 e. The van der Waals surface area contributed by atoms with Crippen molar-refractivity contribution in [1.82, 2.24) is 0 Å². The molecule has 0 radical (unpaired) electrons. The van der Waals surface area contributed by atoms with E-state index in [-0.39, 0.29) is 11.3 Å². The lowest BCUT2D eigenvalue weighted by Gasteiger charge is -2.16. The number of hydrogen-bond donors (Lipinski definition) is 3. The zero-order valence-corrected chi connectivity index (χ0v) is 11.8. The average molecular weight is 340 g/mol. The Morgan fingerprint density at radius 1 is 1.25 bits per heavy atom. The molecule has 4 nitrogen and oxygen atoms in total. The summed E-state index contributed by atoms with van der Waals surface area (Å²) in [5.41, 5.74) is 0.700. The number of carboxylic acids is 1. The molecule has 20 heavy (non-hydrogen) atoms. The van der Waals surface area contributed by atoms with Crippen LogP contribution < -0.4 is 5.32 Å². The van der Waals surface area contributed by atoms with Crippen molar-refractivity contribution in [3.05, 3.63) is 58.3 Å². The number of aliphatic carboxylic acids is 1. The summed E-state index contributed by atoms with van der Waals surface area (Å²) in [6.07, 6.45) is 0. The molecule has 0 amide bonds. The Morgan fingerprint density at radius 3 is 2.60 bits per heavy atom. The maximum Gasteiger partial charge on any atom is 0.330 e. The van der Waals surface area contributed by atoms with Gasteiger partial charge in [0.05, 0.1) is 0 Å². The molecule has 2 aromatic rings. The van der Waals surface area contributed by atoms with Crippen molar-refractivity contribution in [3.8, 4) is 5.75 Å². The highest BCUT2D eigenvalue weighted by molar-refractivity contribution is 9.10. The molecule has 0 saturated carbocycles. The van der Waals surface area contributed by atoms with Gasteiger partial charge in [0.2, 0.25) is 0 Å². The van der Waals surface area contributed by atoms with E-state index in [1.807, 2.05) is 0 Å². The van der Waals surface area contributed by atoms with Gasteiger partial charge in [-0.15, -0.1) is 0 Å². The molecular formula is C14H11BrFNO3. The van der Waals surface area contributed by atoms with Crippen molar-refractivity contribution in [2.24, 2.45) is 0 Å². The number of carbonyl (C=O) groups is 1. The van der Waals surface area contributed by atoms with Crippen LogP contribution in [0.1, 0.15) is 11.6 Å². The van der Waals surface area contributed by atoms with Crippen LogP contribution in [0.2, 0.25) is 0 Å². The van der Waals surface area contributed by atoms with E-state index in [4.69, 9.17) is 0 Å². The molecule has 2 rings (SSSR count). The first-order valence-corrected chi connectivity index (χ1v) is 6.49. The number of phenolic OH excluding ortho intramolecular Hbond substituents is 1. The second kappa shape index (κ2) is 5.92. The lowest BCUT2D eigenvalue weighted by atomic mass is 10.1. The van der Waals surface area contributed by atoms with Crippen LogP contribution in [0.3, 0.4) is 0 Å². The van der Waals surface area contributed by atoms with E-state index in [1.54, 1.807) is 24.3 Å². The summed E-state index contributed by atoms with van der Waals surface area (Å²) in [5.74, 6) is -2.18. The van der Waals surface area contributed by atoms with E-state index in [0.717, 1.165) is 16.6 Å². The molecule has 3 N–H and O–H groups in total. The van der Waals surface area contributed by atoms with Crippen molar-refractivity contribution in [3.63, 3.8) is 0 Å². The lowest BCUT2D eigenvalue weighted by molar-refractivity contribution is -0.138. The second-order valence-corrected chi connectivity index (χ2v) is 5.08. The molecule has 0 aliphatic heterocycles. The molecule has 0 fully saturated rings. The molecule has 6 heteroatoms. The highest BCUT2D eigenvalue weighted by Crippen LogP contribution is 2.25. The van der Waals surface area contributed by atoms with Gasteiger partial charge in [0.15, 0.2) is 6.04 Å². The summed E-state index contributed by atoms with van der Waals surface area (Å²) in [6.45, 7) is 0. The van der Waals surface area contributed by atoms with E-state index in [9.17, 15) is 19.4 Å². The summed E-state index contributed by atoms with van der Waals surface area (Å²) in [7, 11) is 0. The largest absolute Gasteiger partial charge is 0.508 e. The van der Waals surface area contributed by atoms with Crippen LogP contribution in [-0.2, 0) is 4.79 Å². The number of benzene rings is 2. The van der Waals surface area contributed by atoms with Crippen LogP contribution >= 0.6 is 15.9 Å². The average Bonchev–Trinajstić information content (AvgIpc) is 2.34. The molecule has 104 valence electrons. The molecule has 0 spiro atoms. The summed E-state index contributed by atoms with van der Waals surface area (Å²) in [5, 5.41) is 21.4. The van der Waals surface area contributed by atoms with Gasteiger partial charge in [-0.3, -0.25) is 0 Å². The molecule has 0 heterocycles. The third kappa shape index (κ3) is 3.48. The Bertz CT molecular complexity index is 628. The monoisotopic (exact) mass is 339 g/mol. The van der Waals surface area contributed by atoms with E-state index in [0.29, 0.717) is 5.69 Å². The standard InChI is InChI=1S/C14H11BrFNO3/c15-9-2-1-3-11(6-9)17-13(14(19)20)8-4-10(16)7-12(18)5-8/h1-7,13,17-18H,(H,19,20). The van der Waals surface area contributed by atoms with Gasteiger partial charge in [-0.2, -0.15) is 0 Å². The van der Waals surface area contributed by atoms with Gasteiger partial charge < -0.3 is 15.5 Å². The van der Waals surface area contributed by atoms with E-state index >= 15 is 0 Å². The van der Waals surface area contributed by atoms with E-state index < -0.39 is 17.8 Å². The van der Waals surface area contributed by atoms with E-state index in [1.165, 1.54) is 6.07 Å². The van der Waals surface area contributed by atoms with Crippen molar-refractivity contribution in [1.29, 1.82) is 0 Å². The van der Waals surface area contributed by atoms with Crippen molar-refractivity contribution < 1.29 is 19.4 Å². The predicted octanol–water partition coefficient (Wildman–Crippen LogP) is 3.53. The molecule has 1 unspecified atom stereocenters. The Hall–Kier alpha value is -2.08. The number of phenols is 1. The number of carboxylic acid groups (broad SMARTS) is 1. The summed E-state index contributed by atoms with van der Waals surface area (Å²) in [6, 6.07) is 8.99. The minimum atomic E-state index is -1.17. The molecule has 0 aliphatic carbocycles. The Morgan fingerprint density at radius 2 is 2.00 bits per heavy atom. The Balaban J connectivity index is 2.34. The third-order valence-corrected chi connectivity index (χ3v) is 3.11. The highest BCUT2D eigenvalue weighted by atomic mass is 79.9. The van der Waals surface area contributed by atoms with Gasteiger partial charge in [-0.25, -0.2) is 9.18 Å². The minimum Gasteiger partial charge on any atom is -0.508 e. The summed E-state index contributed by atoms with van der Waals surface area (Å²) in [4.78, 5) is 11.3. The molecule has 2 aromatic carbocycles. The number of halogens is 2. The van der Waals surface area contributed by atoms with Gasteiger partial charge in [0.1, 0.15) is 11.6 Å². The molecular weight excluding hydrogens is 329 g/mol. The first-order chi connectivity index (χ1) is 9.45. The van der Waals surface area contributed by atoms with Crippen LogP contribution in [0, 0.1) is 5.82 Å². The van der Waals surface area contributed by atoms with Gasteiger partial charge in [0, 0.05) is 16.2 Å². The van der Waals surface area contributed by atoms with Crippen LogP contribution in [0.4, 0.5) is 10.1 Å². The molecule has 0 aliphatic rings. The molecule has 0 bridgehead atoms. The predicted molar refractivity (Wildman–Crippen MR) is 76.2 cm³/mol. The SMILES string of the molecule is O=C(O)C(Nc1cccc(Br)c1)c1cc(O)cc(F)c1. The van der Waals surface area contributed by atoms with Crippen LogP contribution in [-0.4, -0.2) is 16.2 Å². The first kappa shape index (κ1) is 14.3. The topological polar surface area (TPSA) is 69.6 Å². The number of nitrogens with one attached hydrogen (secondary N) is 1. The summed E-state index contributed by atoms with van der Waals surface area (Å²) < 4.78 is 14.1. The lowest BCUT2D eigenvalue weighted by Crippen LogP contribution is -2.20. The fraction of sp³-hybridized carbons (Fsp3) is 0.0714. The second-order valence-electron chi connectivity index (χ2n) is 4.17. The van der Waals surface area contributed by atoms with E-state index in [2.05, 4.69) is 21.2 Å². The van der Waals surface area contributed by atoms with Gasteiger partial charge in [-0.1, -0.05) is 22.0 Å². The zero-order chi connectivity index (χ0) is 14.7. The quantitative estimate of drug-likeness (QED) is 0.796. The van der Waals surface area contributed by atoms with Gasteiger partial charge in [-0.05, 0) is 35.9 Å². The van der Waals surface area contributed by atoms with Crippen LogP contribution in [0.15, 0.2) is 46.9 Å². The third-order valence-electron chi connectivity index (χ3n) is 2.62. The number of rotatable bonds is 4. The number of hydrogen-bond acceptors (Lipinski definition) is 3. The van der Waals surface area contributed by atoms with Crippen LogP contribution in [0.5, 0.6) is 5.75 Å². The van der Waals surface area contributed by atoms with Gasteiger partial charge in [0.25, 0.3) is 0 Å². The normalized spacial score (nSPS) is 11.9.